The van der Waals surface area contributed by atoms with Crippen LogP contribution in [0, 0.1) is 0 Å². The zero-order valence-electron chi connectivity index (χ0n) is 9.56. The Morgan fingerprint density at radius 1 is 1.29 bits per heavy atom. The van der Waals surface area contributed by atoms with Crippen LogP contribution in [0.2, 0.25) is 0 Å². The topological polar surface area (TPSA) is 94.4 Å². The largest absolute Gasteiger partial charge is 0.500 e. The van der Waals surface area contributed by atoms with E-state index in [2.05, 4.69) is 14.5 Å². The molecule has 1 aliphatic rings. The maximum atomic E-state index is 11.4. The SMILES string of the molecule is COC(=O)/C(O)=C(/N=C1CCCO1)C(=O)OC. The Balaban J connectivity index is 3.07. The molecule has 0 aromatic heterocycles. The summed E-state index contributed by atoms with van der Waals surface area (Å²) in [5.41, 5.74) is -0.517. The van der Waals surface area contributed by atoms with E-state index in [0.29, 0.717) is 13.0 Å². The summed E-state index contributed by atoms with van der Waals surface area (Å²) in [5, 5.41) is 9.48. The average molecular weight is 243 g/mol. The molecule has 0 saturated carbocycles. The molecule has 94 valence electrons. The Labute approximate surface area is 97.7 Å². The summed E-state index contributed by atoms with van der Waals surface area (Å²) >= 11 is 0. The lowest BCUT2D eigenvalue weighted by atomic mass is 10.3. The van der Waals surface area contributed by atoms with Gasteiger partial charge in [-0.3, -0.25) is 0 Å². The highest BCUT2D eigenvalue weighted by Crippen LogP contribution is 2.13. The van der Waals surface area contributed by atoms with Gasteiger partial charge in [0.2, 0.25) is 11.5 Å². The number of esters is 2. The maximum Gasteiger partial charge on any atom is 0.375 e. The summed E-state index contributed by atoms with van der Waals surface area (Å²) in [5.74, 6) is -2.62. The number of aliphatic imine (C=N–C) groups is 1. The van der Waals surface area contributed by atoms with Gasteiger partial charge >= 0.3 is 11.9 Å². The van der Waals surface area contributed by atoms with E-state index in [0.717, 1.165) is 20.6 Å². The van der Waals surface area contributed by atoms with E-state index in [4.69, 9.17) is 4.74 Å². The van der Waals surface area contributed by atoms with Crippen molar-refractivity contribution < 1.29 is 28.9 Å². The van der Waals surface area contributed by atoms with Crippen molar-refractivity contribution in [3.8, 4) is 0 Å². The third-order valence-corrected chi connectivity index (χ3v) is 2.02. The van der Waals surface area contributed by atoms with Gasteiger partial charge in [-0.25, -0.2) is 14.6 Å². The van der Waals surface area contributed by atoms with Crippen LogP contribution in [0.1, 0.15) is 12.8 Å². The summed E-state index contributed by atoms with van der Waals surface area (Å²) in [6.45, 7) is 0.492. The molecule has 7 heteroatoms. The standard InChI is InChI=1S/C10H13NO6/c1-15-9(13)7(8(12)10(14)16-2)11-6-4-3-5-17-6/h12H,3-5H2,1-2H3/b8-7-,11-6?. The van der Waals surface area contributed by atoms with Crippen LogP contribution in [0.5, 0.6) is 0 Å². The van der Waals surface area contributed by atoms with E-state index in [1.54, 1.807) is 0 Å². The zero-order chi connectivity index (χ0) is 12.8. The Kier molecular flexibility index (Phi) is 4.50. The lowest BCUT2D eigenvalue weighted by Crippen LogP contribution is -2.14. The third-order valence-electron chi connectivity index (χ3n) is 2.02. The minimum Gasteiger partial charge on any atom is -0.500 e. The molecule has 0 spiro atoms. The van der Waals surface area contributed by atoms with Gasteiger partial charge in [0, 0.05) is 6.42 Å². The number of aliphatic hydroxyl groups excluding tert-OH is 1. The minimum atomic E-state index is -1.06. The number of carbonyl (C=O) groups excluding carboxylic acids is 2. The Morgan fingerprint density at radius 3 is 2.41 bits per heavy atom. The molecule has 0 aromatic rings. The summed E-state index contributed by atoms with van der Waals surface area (Å²) in [6, 6.07) is 0. The molecule has 1 heterocycles. The van der Waals surface area contributed by atoms with E-state index < -0.39 is 23.4 Å². The smallest absolute Gasteiger partial charge is 0.375 e. The molecular formula is C10H13NO6. The van der Waals surface area contributed by atoms with E-state index in [1.165, 1.54) is 0 Å². The molecule has 0 unspecified atom stereocenters. The molecule has 1 fully saturated rings. The number of methoxy groups -OCH3 is 2. The Hall–Kier alpha value is -2.05. The van der Waals surface area contributed by atoms with Gasteiger partial charge in [-0.15, -0.1) is 0 Å². The van der Waals surface area contributed by atoms with Crippen LogP contribution in [0.4, 0.5) is 0 Å². The first kappa shape index (κ1) is 13.0. The molecule has 1 rings (SSSR count). The summed E-state index contributed by atoms with van der Waals surface area (Å²) < 4.78 is 13.8. The third kappa shape index (κ3) is 3.20. The maximum absolute atomic E-state index is 11.4. The van der Waals surface area contributed by atoms with Gasteiger partial charge in [0.05, 0.1) is 20.8 Å². The molecule has 0 atom stereocenters. The number of hydrogen-bond donors (Lipinski definition) is 1. The first-order chi connectivity index (χ1) is 8.10. The number of rotatable bonds is 3. The highest BCUT2D eigenvalue weighted by atomic mass is 16.5. The average Bonchev–Trinajstić information content (AvgIpc) is 2.86. The van der Waals surface area contributed by atoms with E-state index in [1.807, 2.05) is 0 Å². The van der Waals surface area contributed by atoms with E-state index >= 15 is 0 Å². The molecule has 1 saturated heterocycles. The predicted octanol–water partition coefficient (Wildman–Crippen LogP) is 0.311. The summed E-state index contributed by atoms with van der Waals surface area (Å²) in [6.07, 6.45) is 1.31. The molecule has 0 bridgehead atoms. The Morgan fingerprint density at radius 2 is 1.94 bits per heavy atom. The fourth-order valence-electron chi connectivity index (χ4n) is 1.18. The van der Waals surface area contributed by atoms with Crippen molar-refractivity contribution in [3.05, 3.63) is 11.5 Å². The monoisotopic (exact) mass is 243 g/mol. The fraction of sp³-hybridized carbons (Fsp3) is 0.500. The zero-order valence-corrected chi connectivity index (χ0v) is 9.56. The van der Waals surface area contributed by atoms with Crippen LogP contribution >= 0.6 is 0 Å². The predicted molar refractivity (Wildman–Crippen MR) is 56.3 cm³/mol. The van der Waals surface area contributed by atoms with Crippen LogP contribution in [-0.4, -0.2) is 43.8 Å². The van der Waals surface area contributed by atoms with Crippen LogP contribution in [0.25, 0.3) is 0 Å². The lowest BCUT2D eigenvalue weighted by molar-refractivity contribution is -0.141. The van der Waals surface area contributed by atoms with Crippen LogP contribution in [-0.2, 0) is 23.8 Å². The quantitative estimate of drug-likeness (QED) is 0.435. The number of nitrogens with zero attached hydrogens (tertiary/aromatic N) is 1. The van der Waals surface area contributed by atoms with Crippen LogP contribution in [0.15, 0.2) is 16.4 Å². The second kappa shape index (κ2) is 5.88. The lowest BCUT2D eigenvalue weighted by Gasteiger charge is -2.04. The van der Waals surface area contributed by atoms with Crippen molar-refractivity contribution in [2.24, 2.45) is 4.99 Å². The highest BCUT2D eigenvalue weighted by Gasteiger charge is 2.23. The molecule has 1 aliphatic heterocycles. The van der Waals surface area contributed by atoms with Gasteiger partial charge in [0.15, 0.2) is 5.90 Å². The number of hydrogen-bond acceptors (Lipinski definition) is 7. The first-order valence-corrected chi connectivity index (χ1v) is 4.90. The first-order valence-electron chi connectivity index (χ1n) is 4.90. The van der Waals surface area contributed by atoms with Crippen LogP contribution < -0.4 is 0 Å². The van der Waals surface area contributed by atoms with Crippen molar-refractivity contribution >= 4 is 17.8 Å². The van der Waals surface area contributed by atoms with Crippen LogP contribution in [0.3, 0.4) is 0 Å². The highest BCUT2D eigenvalue weighted by molar-refractivity contribution is 6.00. The van der Waals surface area contributed by atoms with Crippen molar-refractivity contribution in [1.82, 2.24) is 0 Å². The fourth-order valence-corrected chi connectivity index (χ4v) is 1.18. The second-order valence-electron chi connectivity index (χ2n) is 3.14. The van der Waals surface area contributed by atoms with Gasteiger partial charge in [-0.05, 0) is 6.42 Å². The molecular weight excluding hydrogens is 230 g/mol. The number of aliphatic hydroxyl groups is 1. The Bertz CT molecular complexity index is 376. The molecule has 0 amide bonds. The van der Waals surface area contributed by atoms with Gasteiger partial charge in [0.1, 0.15) is 0 Å². The molecule has 0 aromatic carbocycles. The van der Waals surface area contributed by atoms with Gasteiger partial charge in [-0.1, -0.05) is 0 Å². The minimum absolute atomic E-state index is 0.279. The number of carbonyl (C=O) groups is 2. The molecule has 0 radical (unpaired) electrons. The van der Waals surface area contributed by atoms with Gasteiger partial charge in [-0.2, -0.15) is 0 Å². The summed E-state index contributed by atoms with van der Waals surface area (Å²) in [7, 11) is 2.19. The number of ether oxygens (including phenoxy) is 3. The van der Waals surface area contributed by atoms with Crippen molar-refractivity contribution in [2.45, 2.75) is 12.8 Å². The van der Waals surface area contributed by atoms with Crippen molar-refractivity contribution in [2.75, 3.05) is 20.8 Å². The second-order valence-corrected chi connectivity index (χ2v) is 3.14. The molecule has 7 nitrogen and oxygen atoms in total. The molecule has 17 heavy (non-hydrogen) atoms. The normalized spacial score (nSPS) is 18.4. The summed E-state index contributed by atoms with van der Waals surface area (Å²) in [4.78, 5) is 26.2. The van der Waals surface area contributed by atoms with E-state index in [-0.39, 0.29) is 5.90 Å². The van der Waals surface area contributed by atoms with E-state index in [9.17, 15) is 14.7 Å². The van der Waals surface area contributed by atoms with Crippen molar-refractivity contribution in [1.29, 1.82) is 0 Å². The molecule has 0 aliphatic carbocycles. The van der Waals surface area contributed by atoms with Gasteiger partial charge in [0.25, 0.3) is 0 Å². The van der Waals surface area contributed by atoms with Crippen molar-refractivity contribution in [3.63, 3.8) is 0 Å². The van der Waals surface area contributed by atoms with Gasteiger partial charge < -0.3 is 19.3 Å². The molecule has 1 N–H and O–H groups in total.